The zero-order valence-corrected chi connectivity index (χ0v) is 15.2. The van der Waals surface area contributed by atoms with Gasteiger partial charge in [0.2, 0.25) is 12.3 Å². The Labute approximate surface area is 153 Å². The zero-order valence-electron chi connectivity index (χ0n) is 13.6. The molecule has 0 atom stereocenters. The molecule has 1 aliphatic heterocycles. The van der Waals surface area contributed by atoms with Crippen molar-refractivity contribution in [1.82, 2.24) is 0 Å². The number of carbonyl (C=O) groups excluding carboxylic acids is 1. The van der Waals surface area contributed by atoms with Gasteiger partial charge in [-0.3, -0.25) is 4.79 Å². The van der Waals surface area contributed by atoms with Crippen molar-refractivity contribution in [3.63, 3.8) is 0 Å². The molecule has 1 fully saturated rings. The highest BCUT2D eigenvalue weighted by Crippen LogP contribution is 2.12. The number of Topliss-reactive ketones (excluding diaryl/α,β-unsaturated/α-hetero) is 1. The van der Waals surface area contributed by atoms with E-state index in [0.29, 0.717) is 19.8 Å². The molecular formula is C19H22BrNO3. The summed E-state index contributed by atoms with van der Waals surface area (Å²) in [6, 6.07) is 15.5. The van der Waals surface area contributed by atoms with Gasteiger partial charge in [0.1, 0.15) is 0 Å². The molecule has 5 heteroatoms. The molecule has 0 radical (unpaired) electrons. The molecule has 1 aliphatic rings. The second-order valence-electron chi connectivity index (χ2n) is 5.67. The first-order valence-corrected chi connectivity index (χ1v) is 8.12. The average molecular weight is 392 g/mol. The molecular weight excluding hydrogens is 370 g/mol. The molecule has 0 bridgehead atoms. The van der Waals surface area contributed by atoms with Gasteiger partial charge in [0.15, 0.2) is 18.2 Å². The van der Waals surface area contributed by atoms with Crippen LogP contribution in [0.3, 0.4) is 0 Å². The van der Waals surface area contributed by atoms with E-state index in [2.05, 4.69) is 6.07 Å². The number of aromatic nitrogens is 1. The summed E-state index contributed by atoms with van der Waals surface area (Å²) >= 11 is 0. The molecule has 4 nitrogen and oxygen atoms in total. The number of nitrogens with zero attached hydrogens (tertiary/aromatic N) is 1. The van der Waals surface area contributed by atoms with E-state index in [0.717, 1.165) is 30.5 Å². The fourth-order valence-electron chi connectivity index (χ4n) is 2.79. The number of halogens is 1. The van der Waals surface area contributed by atoms with E-state index in [1.165, 1.54) is 0 Å². The summed E-state index contributed by atoms with van der Waals surface area (Å²) in [5, 5.41) is 0. The molecule has 0 saturated carbocycles. The van der Waals surface area contributed by atoms with Gasteiger partial charge in [-0.1, -0.05) is 36.4 Å². The number of carbonyl (C=O) groups is 1. The minimum Gasteiger partial charge on any atom is -1.00 e. The van der Waals surface area contributed by atoms with Crippen LogP contribution in [0.15, 0.2) is 54.7 Å². The summed E-state index contributed by atoms with van der Waals surface area (Å²) < 4.78 is 13.0. The second kappa shape index (κ2) is 9.67. The normalized spacial score (nSPS) is 14.3. The Balaban J connectivity index is 0.00000208. The summed E-state index contributed by atoms with van der Waals surface area (Å²) in [6.07, 6.45) is 4.69. The lowest BCUT2D eigenvalue weighted by atomic mass is 10.1. The summed E-state index contributed by atoms with van der Waals surface area (Å²) in [7, 11) is 0. The standard InChI is InChI=1S/C19H22NO3.BrH/c21-18(16-7-2-1-3-8-16)15-20-12-5-4-9-17(20)10-6-11-19-22-13-14-23-19;/h1-5,7-9,12,19H,6,10-11,13-15H2;1H/q+1;/p-1. The maximum Gasteiger partial charge on any atom is 0.227 e. The molecule has 0 aliphatic carbocycles. The fourth-order valence-corrected chi connectivity index (χ4v) is 2.79. The summed E-state index contributed by atoms with van der Waals surface area (Å²) in [6.45, 7) is 1.76. The molecule has 1 aromatic carbocycles. The van der Waals surface area contributed by atoms with Crippen LogP contribution in [0.4, 0.5) is 0 Å². The Kier molecular flexibility index (Phi) is 7.56. The minimum absolute atomic E-state index is 0. The van der Waals surface area contributed by atoms with E-state index in [1.54, 1.807) is 0 Å². The van der Waals surface area contributed by atoms with E-state index in [9.17, 15) is 4.79 Å². The topological polar surface area (TPSA) is 39.4 Å². The molecule has 0 unspecified atom stereocenters. The molecule has 1 saturated heterocycles. The molecule has 2 aromatic rings. The van der Waals surface area contributed by atoms with Crippen LogP contribution in [0.5, 0.6) is 0 Å². The van der Waals surface area contributed by atoms with E-state index in [4.69, 9.17) is 9.47 Å². The fraction of sp³-hybridized carbons (Fsp3) is 0.368. The Hall–Kier alpha value is -1.56. The van der Waals surface area contributed by atoms with E-state index < -0.39 is 0 Å². The van der Waals surface area contributed by atoms with Crippen molar-refractivity contribution in [3.05, 3.63) is 66.0 Å². The van der Waals surface area contributed by atoms with Crippen molar-refractivity contribution in [2.75, 3.05) is 13.2 Å². The number of hydrogen-bond acceptors (Lipinski definition) is 3. The highest BCUT2D eigenvalue weighted by molar-refractivity contribution is 5.94. The third kappa shape index (κ3) is 5.23. The van der Waals surface area contributed by atoms with Crippen LogP contribution in [-0.4, -0.2) is 25.3 Å². The Morgan fingerprint density at radius 3 is 2.50 bits per heavy atom. The predicted molar refractivity (Wildman–Crippen MR) is 86.0 cm³/mol. The lowest BCUT2D eigenvalue weighted by Gasteiger charge is -2.08. The van der Waals surface area contributed by atoms with Gasteiger partial charge >= 0.3 is 0 Å². The van der Waals surface area contributed by atoms with Gasteiger partial charge in [0, 0.05) is 24.1 Å². The number of ether oxygens (including phenoxy) is 2. The van der Waals surface area contributed by atoms with Crippen molar-refractivity contribution in [2.45, 2.75) is 32.1 Å². The predicted octanol–water partition coefficient (Wildman–Crippen LogP) is -0.443. The van der Waals surface area contributed by atoms with Crippen LogP contribution in [0.25, 0.3) is 0 Å². The molecule has 0 spiro atoms. The van der Waals surface area contributed by atoms with Crippen LogP contribution < -0.4 is 21.5 Å². The largest absolute Gasteiger partial charge is 1.00 e. The number of pyridine rings is 1. The first-order valence-electron chi connectivity index (χ1n) is 8.12. The number of hydrogen-bond donors (Lipinski definition) is 0. The van der Waals surface area contributed by atoms with E-state index in [-0.39, 0.29) is 29.1 Å². The lowest BCUT2D eigenvalue weighted by molar-refractivity contribution is -0.690. The monoisotopic (exact) mass is 391 g/mol. The molecule has 3 rings (SSSR count). The van der Waals surface area contributed by atoms with Crippen LogP contribution >= 0.6 is 0 Å². The van der Waals surface area contributed by atoms with E-state index >= 15 is 0 Å². The third-order valence-corrected chi connectivity index (χ3v) is 4.01. The molecule has 24 heavy (non-hydrogen) atoms. The van der Waals surface area contributed by atoms with Crippen molar-refractivity contribution in [2.24, 2.45) is 0 Å². The van der Waals surface area contributed by atoms with Crippen molar-refractivity contribution < 1.29 is 35.8 Å². The summed E-state index contributed by atoms with van der Waals surface area (Å²) in [4.78, 5) is 12.4. The van der Waals surface area contributed by atoms with Gasteiger partial charge in [-0.2, -0.15) is 4.57 Å². The molecule has 0 amide bonds. The smallest absolute Gasteiger partial charge is 0.227 e. The van der Waals surface area contributed by atoms with Crippen LogP contribution in [0, 0.1) is 0 Å². The van der Waals surface area contributed by atoms with Crippen LogP contribution in [0.1, 0.15) is 28.9 Å². The van der Waals surface area contributed by atoms with Crippen molar-refractivity contribution >= 4 is 5.78 Å². The second-order valence-corrected chi connectivity index (χ2v) is 5.67. The van der Waals surface area contributed by atoms with Gasteiger partial charge in [0.05, 0.1) is 13.2 Å². The maximum atomic E-state index is 12.4. The highest BCUT2D eigenvalue weighted by atomic mass is 79.9. The van der Waals surface area contributed by atoms with Gasteiger partial charge in [-0.25, -0.2) is 0 Å². The quantitative estimate of drug-likeness (QED) is 0.474. The van der Waals surface area contributed by atoms with E-state index in [1.807, 2.05) is 53.2 Å². The first-order chi connectivity index (χ1) is 11.3. The highest BCUT2D eigenvalue weighted by Gasteiger charge is 2.18. The summed E-state index contributed by atoms with van der Waals surface area (Å²) in [5.41, 5.74) is 1.91. The lowest BCUT2D eigenvalue weighted by Crippen LogP contribution is -3.00. The van der Waals surface area contributed by atoms with Crippen molar-refractivity contribution in [3.8, 4) is 0 Å². The minimum atomic E-state index is -0.0573. The maximum absolute atomic E-state index is 12.4. The molecule has 1 aromatic heterocycles. The van der Waals surface area contributed by atoms with Gasteiger partial charge in [-0.15, -0.1) is 0 Å². The average Bonchev–Trinajstić information content (AvgIpc) is 3.10. The third-order valence-electron chi connectivity index (χ3n) is 4.01. The number of benzene rings is 1. The van der Waals surface area contributed by atoms with Crippen LogP contribution in [0.2, 0.25) is 0 Å². The first kappa shape index (κ1) is 18.8. The zero-order chi connectivity index (χ0) is 15.9. The molecule has 0 N–H and O–H groups in total. The number of rotatable bonds is 7. The molecule has 2 heterocycles. The van der Waals surface area contributed by atoms with Crippen LogP contribution in [-0.2, 0) is 22.4 Å². The SMILES string of the molecule is O=C(C[n+]1ccccc1CCCC1OCCO1)c1ccccc1.[Br-]. The Bertz CT molecular complexity index is 642. The van der Waals surface area contributed by atoms with Gasteiger partial charge in [0.25, 0.3) is 0 Å². The van der Waals surface area contributed by atoms with Gasteiger partial charge < -0.3 is 26.5 Å². The summed E-state index contributed by atoms with van der Waals surface area (Å²) in [5.74, 6) is 0.130. The Morgan fingerprint density at radius 2 is 1.75 bits per heavy atom. The number of aryl methyl sites for hydroxylation is 1. The molecule has 128 valence electrons. The van der Waals surface area contributed by atoms with Gasteiger partial charge in [-0.05, 0) is 12.8 Å². The van der Waals surface area contributed by atoms with Crippen molar-refractivity contribution in [1.29, 1.82) is 0 Å². The number of ketones is 1. The Morgan fingerprint density at radius 1 is 1.04 bits per heavy atom.